The molecular weight excluding hydrogens is 1000 g/mol. The summed E-state index contributed by atoms with van der Waals surface area (Å²) in [4.78, 5) is 15.2. The molecule has 0 spiro atoms. The lowest BCUT2D eigenvalue weighted by molar-refractivity contribution is -0.275. The fourth-order valence-electron chi connectivity index (χ4n) is 9.89. The van der Waals surface area contributed by atoms with Crippen LogP contribution in [0.5, 0.6) is 17.2 Å². The summed E-state index contributed by atoms with van der Waals surface area (Å²) in [6.07, 6.45) is -4.28. The summed E-state index contributed by atoms with van der Waals surface area (Å²) < 4.78 is 62.9. The molecule has 5 atom stereocenters. The standard InChI is InChI=1S/C70H62O10/c71-59-40-60(57-36-38-58(39-37-57)73-43-51-24-10-2-11-25-51)79-67-64(59)61(74-44-52-26-12-3-13-27-52)41-62(75-45-53-28-14-4-15-29-53)65(67)68-70(78-48-56-34-20-7-21-35-56)69(77-47-55-32-18-6-19-33-55)66(76-46-54-30-16-5-17-31-54)63(80-68)49-72-42-50-22-8-1-9-23-50/h1-41,63,66,68-70H,42-49H2/t63-,66-,68+,69+,70+/m1/s1. The van der Waals surface area contributed by atoms with Gasteiger partial charge >= 0.3 is 0 Å². The predicted octanol–water partition coefficient (Wildman–Crippen LogP) is 14.6. The molecule has 80 heavy (non-hydrogen) atoms. The van der Waals surface area contributed by atoms with Gasteiger partial charge in [-0.25, -0.2) is 0 Å². The molecule has 1 aliphatic heterocycles. The zero-order valence-corrected chi connectivity index (χ0v) is 44.3. The molecule has 0 saturated carbocycles. The van der Waals surface area contributed by atoms with Gasteiger partial charge in [0, 0.05) is 17.7 Å². The molecule has 1 aliphatic rings. The zero-order chi connectivity index (χ0) is 54.1. The lowest BCUT2D eigenvalue weighted by Gasteiger charge is -2.46. The highest BCUT2D eigenvalue weighted by Gasteiger charge is 2.51. The van der Waals surface area contributed by atoms with Crippen molar-refractivity contribution in [2.24, 2.45) is 0 Å². The number of benzene rings is 9. The first-order valence-corrected chi connectivity index (χ1v) is 27.1. The van der Waals surface area contributed by atoms with E-state index in [2.05, 4.69) is 0 Å². The highest BCUT2D eigenvalue weighted by molar-refractivity contribution is 5.90. The molecule has 402 valence electrons. The van der Waals surface area contributed by atoms with Crippen LogP contribution in [0.15, 0.2) is 258 Å². The van der Waals surface area contributed by atoms with Gasteiger partial charge < -0.3 is 42.3 Å². The second kappa shape index (κ2) is 26.8. The molecule has 0 aliphatic carbocycles. The molecule has 2 heterocycles. The van der Waals surface area contributed by atoms with Crippen molar-refractivity contribution < 1.29 is 42.3 Å². The fourth-order valence-corrected chi connectivity index (χ4v) is 9.89. The first-order chi connectivity index (χ1) is 39.6. The van der Waals surface area contributed by atoms with E-state index in [0.29, 0.717) is 41.6 Å². The third-order valence-corrected chi connectivity index (χ3v) is 14.0. The maximum atomic E-state index is 15.2. The van der Waals surface area contributed by atoms with E-state index in [9.17, 15) is 0 Å². The molecule has 1 aromatic heterocycles. The first-order valence-electron chi connectivity index (χ1n) is 27.1. The van der Waals surface area contributed by atoms with Crippen molar-refractivity contribution in [1.29, 1.82) is 0 Å². The number of rotatable bonds is 24. The number of ether oxygens (including phenoxy) is 8. The van der Waals surface area contributed by atoms with Gasteiger partial charge in [-0.1, -0.05) is 212 Å². The van der Waals surface area contributed by atoms with Crippen molar-refractivity contribution in [3.8, 4) is 28.6 Å². The van der Waals surface area contributed by atoms with E-state index >= 15 is 4.79 Å². The minimum Gasteiger partial charge on any atom is -0.489 e. The van der Waals surface area contributed by atoms with Crippen LogP contribution in [0.1, 0.15) is 50.6 Å². The number of hydrogen-bond donors (Lipinski definition) is 0. The summed E-state index contributed by atoms with van der Waals surface area (Å²) >= 11 is 0. The maximum absolute atomic E-state index is 15.2. The third kappa shape index (κ3) is 13.8. The Hall–Kier alpha value is -8.61. The lowest BCUT2D eigenvalue weighted by atomic mass is 9.88. The monoisotopic (exact) mass is 1060 g/mol. The average molecular weight is 1060 g/mol. The number of fused-ring (bicyclic) bond motifs is 1. The van der Waals surface area contributed by atoms with E-state index in [1.807, 2.05) is 237 Å². The van der Waals surface area contributed by atoms with Crippen LogP contribution >= 0.6 is 0 Å². The molecule has 10 aromatic rings. The van der Waals surface area contributed by atoms with Crippen molar-refractivity contribution in [2.45, 2.75) is 76.8 Å². The number of hydrogen-bond acceptors (Lipinski definition) is 10. The SMILES string of the molecule is O=c1cc(-c2ccc(OCc3ccccc3)cc2)oc2c([C@@H]3O[C@H](COCc4ccccc4)[C@@H](OCc4ccccc4)[C@H](OCc4ccccc4)[C@H]3OCc3ccccc3)c(OCc3ccccc3)cc(OCc3ccccc3)c12. The Morgan fingerprint density at radius 3 is 1.25 bits per heavy atom. The van der Waals surface area contributed by atoms with E-state index in [1.165, 1.54) is 6.07 Å². The normalized spacial score (nSPS) is 17.0. The Labute approximate surface area is 466 Å². The second-order valence-corrected chi connectivity index (χ2v) is 19.7. The van der Waals surface area contributed by atoms with E-state index < -0.39 is 30.5 Å². The van der Waals surface area contributed by atoms with Gasteiger partial charge in [0.1, 0.15) is 78.7 Å². The Bertz CT molecular complexity index is 3530. The van der Waals surface area contributed by atoms with Crippen LogP contribution in [0.3, 0.4) is 0 Å². The highest BCUT2D eigenvalue weighted by atomic mass is 16.6. The van der Waals surface area contributed by atoms with Gasteiger partial charge in [-0.2, -0.15) is 0 Å². The quantitative estimate of drug-likeness (QED) is 0.0581. The average Bonchev–Trinajstić information content (AvgIpc) is 3.62. The minimum absolute atomic E-state index is 0.103. The van der Waals surface area contributed by atoms with Crippen LogP contribution in [0, 0.1) is 0 Å². The molecule has 0 unspecified atom stereocenters. The summed E-state index contributed by atoms with van der Waals surface area (Å²) in [5, 5.41) is 0.209. The molecular formula is C70H62O10. The molecule has 1 fully saturated rings. The van der Waals surface area contributed by atoms with Crippen molar-refractivity contribution >= 4 is 11.0 Å². The largest absolute Gasteiger partial charge is 0.489 e. The smallest absolute Gasteiger partial charge is 0.197 e. The molecule has 10 heteroatoms. The molecule has 10 nitrogen and oxygen atoms in total. The van der Waals surface area contributed by atoms with Gasteiger partial charge in [0.2, 0.25) is 0 Å². The van der Waals surface area contributed by atoms with Crippen LogP contribution in [-0.2, 0) is 69.9 Å². The van der Waals surface area contributed by atoms with Crippen LogP contribution in [-0.4, -0.2) is 31.0 Å². The molecule has 0 N–H and O–H groups in total. The van der Waals surface area contributed by atoms with Gasteiger partial charge in [0.25, 0.3) is 0 Å². The van der Waals surface area contributed by atoms with E-state index in [0.717, 1.165) is 38.9 Å². The molecule has 11 rings (SSSR count). The fraction of sp³-hybridized carbons (Fsp3) is 0.186. The van der Waals surface area contributed by atoms with Crippen molar-refractivity contribution in [3.05, 3.63) is 303 Å². The molecule has 0 radical (unpaired) electrons. The van der Waals surface area contributed by atoms with E-state index in [-0.39, 0.29) is 61.8 Å². The molecule has 9 aromatic carbocycles. The third-order valence-electron chi connectivity index (χ3n) is 14.0. The summed E-state index contributed by atoms with van der Waals surface area (Å²) in [6, 6.07) is 80.6. The summed E-state index contributed by atoms with van der Waals surface area (Å²) in [5.41, 5.74) is 7.71. The summed E-state index contributed by atoms with van der Waals surface area (Å²) in [7, 11) is 0. The predicted molar refractivity (Wildman–Crippen MR) is 309 cm³/mol. The Morgan fingerprint density at radius 2 is 0.775 bits per heavy atom. The minimum atomic E-state index is -1.04. The van der Waals surface area contributed by atoms with Crippen molar-refractivity contribution in [3.63, 3.8) is 0 Å². The molecule has 0 bridgehead atoms. The Balaban J connectivity index is 1.09. The molecule has 0 amide bonds. The summed E-state index contributed by atoms with van der Waals surface area (Å²) in [6.45, 7) is 1.80. The topological polar surface area (TPSA) is 104 Å². The van der Waals surface area contributed by atoms with Crippen LogP contribution < -0.4 is 19.6 Å². The zero-order valence-electron chi connectivity index (χ0n) is 44.3. The molecule has 1 saturated heterocycles. The lowest BCUT2D eigenvalue weighted by Crippen LogP contribution is -2.58. The van der Waals surface area contributed by atoms with Gasteiger partial charge in [0.15, 0.2) is 11.0 Å². The van der Waals surface area contributed by atoms with Crippen LogP contribution in [0.2, 0.25) is 0 Å². The van der Waals surface area contributed by atoms with Crippen LogP contribution in [0.4, 0.5) is 0 Å². The maximum Gasteiger partial charge on any atom is 0.197 e. The van der Waals surface area contributed by atoms with Gasteiger partial charge in [-0.15, -0.1) is 0 Å². The van der Waals surface area contributed by atoms with Crippen LogP contribution in [0.25, 0.3) is 22.3 Å². The van der Waals surface area contributed by atoms with Crippen molar-refractivity contribution in [2.75, 3.05) is 6.61 Å². The van der Waals surface area contributed by atoms with Crippen molar-refractivity contribution in [1.82, 2.24) is 0 Å². The first kappa shape index (κ1) is 53.4. The summed E-state index contributed by atoms with van der Waals surface area (Å²) in [5.74, 6) is 1.62. The highest BCUT2D eigenvalue weighted by Crippen LogP contribution is 2.47. The Kier molecular flexibility index (Phi) is 17.9. The van der Waals surface area contributed by atoms with Gasteiger partial charge in [-0.05, 0) is 63.2 Å². The van der Waals surface area contributed by atoms with Gasteiger partial charge in [0.05, 0.1) is 38.6 Å². The van der Waals surface area contributed by atoms with Gasteiger partial charge in [-0.3, -0.25) is 4.79 Å². The second-order valence-electron chi connectivity index (χ2n) is 19.7. The van der Waals surface area contributed by atoms with E-state index in [4.69, 9.17) is 42.3 Å². The van der Waals surface area contributed by atoms with E-state index in [1.54, 1.807) is 6.07 Å². The Morgan fingerprint density at radius 1 is 0.375 bits per heavy atom.